The molecule has 1 aliphatic rings. The molecule has 21 heavy (non-hydrogen) atoms. The quantitative estimate of drug-likeness (QED) is 0.880. The Bertz CT molecular complexity index is 634. The van der Waals surface area contributed by atoms with Crippen molar-refractivity contribution in [2.45, 2.75) is 25.4 Å². The first-order chi connectivity index (χ1) is 10.2. The van der Waals surface area contributed by atoms with Crippen molar-refractivity contribution in [3.63, 3.8) is 0 Å². The second-order valence-corrected chi connectivity index (χ2v) is 5.46. The van der Waals surface area contributed by atoms with Gasteiger partial charge >= 0.3 is 0 Å². The highest BCUT2D eigenvalue weighted by Gasteiger charge is 2.21. The first kappa shape index (κ1) is 14.3. The summed E-state index contributed by atoms with van der Waals surface area (Å²) in [7, 11) is 3.16. The van der Waals surface area contributed by atoms with Gasteiger partial charge in [0.05, 0.1) is 26.3 Å². The number of furan rings is 1. The minimum Gasteiger partial charge on any atom is -0.495 e. The van der Waals surface area contributed by atoms with Crippen LogP contribution < -0.4 is 14.8 Å². The minimum atomic E-state index is 0.451. The molecule has 5 heteroatoms. The average molecular weight is 308 g/mol. The van der Waals surface area contributed by atoms with Crippen LogP contribution in [0.15, 0.2) is 28.7 Å². The third-order valence-corrected chi connectivity index (χ3v) is 3.91. The zero-order valence-electron chi connectivity index (χ0n) is 12.1. The molecule has 1 aromatic carbocycles. The van der Waals surface area contributed by atoms with Gasteiger partial charge in [-0.2, -0.15) is 0 Å². The third kappa shape index (κ3) is 3.01. The normalized spacial score (nSPS) is 14.2. The van der Waals surface area contributed by atoms with Gasteiger partial charge in [-0.05, 0) is 37.1 Å². The van der Waals surface area contributed by atoms with Gasteiger partial charge in [0.2, 0.25) is 0 Å². The van der Waals surface area contributed by atoms with Crippen molar-refractivity contribution in [1.82, 2.24) is 5.32 Å². The van der Waals surface area contributed by atoms with E-state index in [1.54, 1.807) is 14.2 Å². The lowest BCUT2D eigenvalue weighted by Gasteiger charge is -2.11. The molecular formula is C16H18ClNO3. The number of ether oxygens (including phenoxy) is 2. The number of benzene rings is 1. The highest BCUT2D eigenvalue weighted by molar-refractivity contribution is 6.34. The first-order valence-electron chi connectivity index (χ1n) is 6.96. The van der Waals surface area contributed by atoms with Gasteiger partial charge in [0.1, 0.15) is 22.3 Å². The van der Waals surface area contributed by atoms with E-state index in [0.29, 0.717) is 22.6 Å². The van der Waals surface area contributed by atoms with Crippen LogP contribution in [0.1, 0.15) is 18.6 Å². The Balaban J connectivity index is 1.86. The Morgan fingerprint density at radius 3 is 2.67 bits per heavy atom. The van der Waals surface area contributed by atoms with E-state index < -0.39 is 0 Å². The molecule has 1 fully saturated rings. The molecule has 0 atom stereocenters. The van der Waals surface area contributed by atoms with Gasteiger partial charge in [0.15, 0.2) is 5.75 Å². The van der Waals surface area contributed by atoms with Gasteiger partial charge in [-0.15, -0.1) is 0 Å². The van der Waals surface area contributed by atoms with Crippen molar-refractivity contribution in [2.75, 3.05) is 14.2 Å². The van der Waals surface area contributed by atoms with E-state index in [1.165, 1.54) is 12.8 Å². The number of hydrogen-bond acceptors (Lipinski definition) is 4. The summed E-state index contributed by atoms with van der Waals surface area (Å²) in [6, 6.07) is 8.27. The van der Waals surface area contributed by atoms with Crippen LogP contribution in [0.25, 0.3) is 11.3 Å². The first-order valence-corrected chi connectivity index (χ1v) is 7.33. The lowest BCUT2D eigenvalue weighted by atomic mass is 10.1. The van der Waals surface area contributed by atoms with Crippen LogP contribution in [0.4, 0.5) is 0 Å². The second-order valence-electron chi connectivity index (χ2n) is 5.08. The number of methoxy groups -OCH3 is 2. The van der Waals surface area contributed by atoms with Crippen LogP contribution in [0, 0.1) is 0 Å². The molecule has 1 aliphatic carbocycles. The molecule has 0 saturated heterocycles. The van der Waals surface area contributed by atoms with Gasteiger partial charge in [-0.25, -0.2) is 0 Å². The maximum atomic E-state index is 6.28. The molecule has 4 nitrogen and oxygen atoms in total. The van der Waals surface area contributed by atoms with Gasteiger partial charge in [-0.1, -0.05) is 11.6 Å². The molecule has 0 spiro atoms. The second kappa shape index (κ2) is 6.00. The van der Waals surface area contributed by atoms with Crippen LogP contribution in [-0.2, 0) is 6.54 Å². The maximum absolute atomic E-state index is 6.28. The van der Waals surface area contributed by atoms with Crippen LogP contribution in [0.3, 0.4) is 0 Å². The smallest absolute Gasteiger partial charge is 0.152 e. The fourth-order valence-electron chi connectivity index (χ4n) is 2.24. The fourth-order valence-corrected chi connectivity index (χ4v) is 2.56. The SMILES string of the molecule is COc1ccc(-c2ccc(CNC3CC3)o2)c(OC)c1Cl. The summed E-state index contributed by atoms with van der Waals surface area (Å²) in [6.07, 6.45) is 2.52. The zero-order valence-corrected chi connectivity index (χ0v) is 12.9. The molecule has 2 aromatic rings. The molecule has 1 saturated carbocycles. The van der Waals surface area contributed by atoms with Crippen LogP contribution in [0.2, 0.25) is 5.02 Å². The van der Waals surface area contributed by atoms with Gasteiger partial charge in [0, 0.05) is 6.04 Å². The number of nitrogens with one attached hydrogen (secondary N) is 1. The van der Waals surface area contributed by atoms with E-state index in [4.69, 9.17) is 25.5 Å². The molecule has 112 valence electrons. The predicted molar refractivity (Wildman–Crippen MR) is 82.1 cm³/mol. The fraction of sp³-hybridized carbons (Fsp3) is 0.375. The Morgan fingerprint density at radius 2 is 2.00 bits per heavy atom. The summed E-state index contributed by atoms with van der Waals surface area (Å²) in [5.74, 6) is 2.79. The Kier molecular flexibility index (Phi) is 4.08. The Hall–Kier alpha value is -1.65. The molecule has 0 bridgehead atoms. The van der Waals surface area contributed by atoms with E-state index in [9.17, 15) is 0 Å². The van der Waals surface area contributed by atoms with Crippen molar-refractivity contribution in [3.05, 3.63) is 35.0 Å². The van der Waals surface area contributed by atoms with Gasteiger partial charge in [-0.3, -0.25) is 0 Å². The Labute approximate surface area is 129 Å². The lowest BCUT2D eigenvalue weighted by Crippen LogP contribution is -2.14. The van der Waals surface area contributed by atoms with Crippen LogP contribution in [0.5, 0.6) is 11.5 Å². The van der Waals surface area contributed by atoms with Crippen molar-refractivity contribution < 1.29 is 13.9 Å². The molecule has 1 N–H and O–H groups in total. The number of rotatable bonds is 6. The molecule has 0 aliphatic heterocycles. The summed E-state index contributed by atoms with van der Waals surface area (Å²) in [5, 5.41) is 3.88. The van der Waals surface area contributed by atoms with Crippen LogP contribution >= 0.6 is 11.6 Å². The standard InChI is InChI=1S/C16H18ClNO3/c1-19-14-8-6-12(16(20-2)15(14)17)13-7-5-11(21-13)9-18-10-3-4-10/h5-8,10,18H,3-4,9H2,1-2H3. The van der Waals surface area contributed by atoms with E-state index in [1.807, 2.05) is 24.3 Å². The monoisotopic (exact) mass is 307 g/mol. The molecule has 1 heterocycles. The van der Waals surface area contributed by atoms with Crippen molar-refractivity contribution in [2.24, 2.45) is 0 Å². The molecule has 1 aromatic heterocycles. The minimum absolute atomic E-state index is 0.451. The summed E-state index contributed by atoms with van der Waals surface area (Å²) < 4.78 is 16.5. The summed E-state index contributed by atoms with van der Waals surface area (Å²) in [5.41, 5.74) is 0.820. The van der Waals surface area contributed by atoms with Crippen molar-refractivity contribution in [3.8, 4) is 22.8 Å². The zero-order chi connectivity index (χ0) is 14.8. The van der Waals surface area contributed by atoms with E-state index in [2.05, 4.69) is 5.32 Å². The largest absolute Gasteiger partial charge is 0.495 e. The van der Waals surface area contributed by atoms with Crippen LogP contribution in [-0.4, -0.2) is 20.3 Å². The van der Waals surface area contributed by atoms with E-state index >= 15 is 0 Å². The molecule has 0 unspecified atom stereocenters. The third-order valence-electron chi connectivity index (χ3n) is 3.56. The van der Waals surface area contributed by atoms with Gasteiger partial charge in [0.25, 0.3) is 0 Å². The number of halogens is 1. The average Bonchev–Trinajstić information content (AvgIpc) is 3.21. The maximum Gasteiger partial charge on any atom is 0.152 e. The van der Waals surface area contributed by atoms with Crippen molar-refractivity contribution >= 4 is 11.6 Å². The number of hydrogen-bond donors (Lipinski definition) is 1. The summed E-state index contributed by atoms with van der Waals surface area (Å²) in [4.78, 5) is 0. The molecule has 0 radical (unpaired) electrons. The van der Waals surface area contributed by atoms with E-state index in [-0.39, 0.29) is 0 Å². The lowest BCUT2D eigenvalue weighted by molar-refractivity contribution is 0.394. The highest BCUT2D eigenvalue weighted by atomic mass is 35.5. The van der Waals surface area contributed by atoms with Crippen molar-refractivity contribution in [1.29, 1.82) is 0 Å². The molecule has 0 amide bonds. The van der Waals surface area contributed by atoms with E-state index in [0.717, 1.165) is 23.6 Å². The molecular weight excluding hydrogens is 290 g/mol. The van der Waals surface area contributed by atoms with Gasteiger partial charge < -0.3 is 19.2 Å². The highest BCUT2D eigenvalue weighted by Crippen LogP contribution is 2.42. The summed E-state index contributed by atoms with van der Waals surface area (Å²) in [6.45, 7) is 0.747. The molecule has 3 rings (SSSR count). The summed E-state index contributed by atoms with van der Waals surface area (Å²) >= 11 is 6.28. The predicted octanol–water partition coefficient (Wildman–Crippen LogP) is 3.87. The Morgan fingerprint density at radius 1 is 1.19 bits per heavy atom. The topological polar surface area (TPSA) is 43.6 Å².